The van der Waals surface area contributed by atoms with Crippen LogP contribution in [0.2, 0.25) is 0 Å². The number of anilines is 1. The summed E-state index contributed by atoms with van der Waals surface area (Å²) in [6.07, 6.45) is 0. The number of nitrogen functional groups attached to an aromatic ring is 1. The molecule has 0 aliphatic carbocycles. The predicted octanol–water partition coefficient (Wildman–Crippen LogP) is 2.95. The second-order valence-corrected chi connectivity index (χ2v) is 5.93. The van der Waals surface area contributed by atoms with Gasteiger partial charge in [0, 0.05) is 12.6 Å². The van der Waals surface area contributed by atoms with E-state index in [4.69, 9.17) is 10.5 Å². The van der Waals surface area contributed by atoms with Crippen molar-refractivity contribution in [3.05, 3.63) is 12.1 Å². The molecule has 5 nitrogen and oxygen atoms in total. The van der Waals surface area contributed by atoms with Crippen molar-refractivity contribution in [3.8, 4) is 5.88 Å². The van der Waals surface area contributed by atoms with Crippen LogP contribution in [-0.2, 0) is 6.54 Å². The zero-order valence-electron chi connectivity index (χ0n) is 12.9. The van der Waals surface area contributed by atoms with Crippen LogP contribution in [0.25, 0.3) is 11.2 Å². The van der Waals surface area contributed by atoms with Crippen LogP contribution in [0.15, 0.2) is 12.1 Å². The molecule has 2 rings (SSSR count). The average Bonchev–Trinajstić information content (AvgIpc) is 2.69. The number of methoxy groups -OCH3 is 1. The fourth-order valence-corrected chi connectivity index (χ4v) is 2.70. The first-order chi connectivity index (χ1) is 9.43. The Morgan fingerprint density at radius 2 is 1.80 bits per heavy atom. The minimum absolute atomic E-state index is 0.520. The van der Waals surface area contributed by atoms with E-state index < -0.39 is 0 Å². The van der Waals surface area contributed by atoms with E-state index in [1.54, 1.807) is 7.11 Å². The largest absolute Gasteiger partial charge is 0.481 e. The molecule has 0 radical (unpaired) electrons. The highest BCUT2D eigenvalue weighted by molar-refractivity contribution is 5.74. The Morgan fingerprint density at radius 1 is 1.15 bits per heavy atom. The second kappa shape index (κ2) is 5.69. The molecule has 2 aromatic rings. The molecular weight excluding hydrogens is 252 g/mol. The highest BCUT2D eigenvalue weighted by atomic mass is 16.5. The van der Waals surface area contributed by atoms with Gasteiger partial charge in [-0.1, -0.05) is 27.7 Å². The van der Waals surface area contributed by atoms with Crippen molar-refractivity contribution in [2.45, 2.75) is 34.2 Å². The van der Waals surface area contributed by atoms with Gasteiger partial charge in [-0.2, -0.15) is 4.98 Å². The van der Waals surface area contributed by atoms with Crippen LogP contribution in [0.1, 0.15) is 27.7 Å². The highest BCUT2D eigenvalue weighted by Gasteiger charge is 2.21. The topological polar surface area (TPSA) is 66.0 Å². The van der Waals surface area contributed by atoms with Crippen LogP contribution in [-0.4, -0.2) is 21.6 Å². The molecule has 110 valence electrons. The van der Waals surface area contributed by atoms with Crippen LogP contribution >= 0.6 is 0 Å². The van der Waals surface area contributed by atoms with Crippen LogP contribution in [0.5, 0.6) is 5.88 Å². The third-order valence-electron chi connectivity index (χ3n) is 3.91. The van der Waals surface area contributed by atoms with E-state index in [1.165, 1.54) is 0 Å². The Morgan fingerprint density at radius 3 is 2.35 bits per heavy atom. The van der Waals surface area contributed by atoms with Gasteiger partial charge in [0.15, 0.2) is 5.65 Å². The fraction of sp³-hybridized carbons (Fsp3) is 0.600. The van der Waals surface area contributed by atoms with E-state index in [0.717, 1.165) is 17.7 Å². The van der Waals surface area contributed by atoms with E-state index in [0.29, 0.717) is 29.6 Å². The maximum atomic E-state index is 6.06. The number of nitrogens with zero attached hydrogens (tertiary/aromatic N) is 3. The fourth-order valence-electron chi connectivity index (χ4n) is 2.70. The summed E-state index contributed by atoms with van der Waals surface area (Å²) in [5.74, 6) is 2.80. The zero-order valence-corrected chi connectivity index (χ0v) is 12.9. The van der Waals surface area contributed by atoms with Gasteiger partial charge in [0.1, 0.15) is 5.52 Å². The number of aromatic nitrogens is 3. The van der Waals surface area contributed by atoms with Crippen molar-refractivity contribution < 1.29 is 4.74 Å². The molecule has 0 aliphatic heterocycles. The molecule has 0 saturated heterocycles. The third kappa shape index (κ3) is 2.71. The molecule has 0 fully saturated rings. The van der Waals surface area contributed by atoms with Gasteiger partial charge in [0.25, 0.3) is 0 Å². The number of imidazole rings is 1. The van der Waals surface area contributed by atoms with Gasteiger partial charge in [-0.15, -0.1) is 0 Å². The van der Waals surface area contributed by atoms with Gasteiger partial charge in [-0.05, 0) is 23.8 Å². The molecule has 20 heavy (non-hydrogen) atoms. The third-order valence-corrected chi connectivity index (χ3v) is 3.91. The molecule has 0 unspecified atom stereocenters. The number of hydrogen-bond acceptors (Lipinski definition) is 4. The minimum atomic E-state index is 0.520. The highest BCUT2D eigenvalue weighted by Crippen LogP contribution is 2.26. The first-order valence-electron chi connectivity index (χ1n) is 7.10. The van der Waals surface area contributed by atoms with Gasteiger partial charge < -0.3 is 10.5 Å². The molecule has 2 heterocycles. The Bertz CT molecular complexity index is 581. The molecule has 2 N–H and O–H groups in total. The van der Waals surface area contributed by atoms with Crippen LogP contribution < -0.4 is 10.5 Å². The molecular formula is C15H24N4O. The van der Waals surface area contributed by atoms with Crippen LogP contribution in [0.4, 0.5) is 5.95 Å². The predicted molar refractivity (Wildman–Crippen MR) is 81.7 cm³/mol. The SMILES string of the molecule is COc1ccc2nc(N)n(CC(C(C)C)C(C)C)c2n1. The molecule has 0 atom stereocenters. The summed E-state index contributed by atoms with van der Waals surface area (Å²) in [5.41, 5.74) is 7.68. The summed E-state index contributed by atoms with van der Waals surface area (Å²) in [6.45, 7) is 9.81. The number of fused-ring (bicyclic) bond motifs is 1. The normalized spacial score (nSPS) is 12.0. The number of hydrogen-bond donors (Lipinski definition) is 1. The lowest BCUT2D eigenvalue weighted by atomic mass is 9.85. The molecule has 0 aliphatic rings. The van der Waals surface area contributed by atoms with Crippen molar-refractivity contribution in [1.29, 1.82) is 0 Å². The molecule has 0 aromatic carbocycles. The van der Waals surface area contributed by atoms with Crippen molar-refractivity contribution in [3.63, 3.8) is 0 Å². The lowest BCUT2D eigenvalue weighted by molar-refractivity contribution is 0.255. The maximum Gasteiger partial charge on any atom is 0.215 e. The molecule has 5 heteroatoms. The summed E-state index contributed by atoms with van der Waals surface area (Å²) < 4.78 is 7.20. The van der Waals surface area contributed by atoms with Crippen molar-refractivity contribution in [2.24, 2.45) is 17.8 Å². The summed E-state index contributed by atoms with van der Waals surface area (Å²) in [7, 11) is 1.61. The van der Waals surface area contributed by atoms with Crippen LogP contribution in [0.3, 0.4) is 0 Å². The number of nitrogens with two attached hydrogens (primary N) is 1. The zero-order chi connectivity index (χ0) is 14.9. The van der Waals surface area contributed by atoms with Gasteiger partial charge in [0.2, 0.25) is 11.8 Å². The quantitative estimate of drug-likeness (QED) is 0.911. The lowest BCUT2D eigenvalue weighted by Gasteiger charge is -2.25. The van der Waals surface area contributed by atoms with E-state index in [1.807, 2.05) is 16.7 Å². The number of ether oxygens (including phenoxy) is 1. The minimum Gasteiger partial charge on any atom is -0.481 e. The lowest BCUT2D eigenvalue weighted by Crippen LogP contribution is -2.22. The summed E-state index contributed by atoms with van der Waals surface area (Å²) in [5, 5.41) is 0. The first-order valence-corrected chi connectivity index (χ1v) is 7.10. The summed E-state index contributed by atoms with van der Waals surface area (Å²) in [6, 6.07) is 3.70. The Balaban J connectivity index is 2.44. The average molecular weight is 276 g/mol. The van der Waals surface area contributed by atoms with E-state index in [9.17, 15) is 0 Å². The number of pyridine rings is 1. The van der Waals surface area contributed by atoms with Gasteiger partial charge in [-0.25, -0.2) is 4.98 Å². The van der Waals surface area contributed by atoms with Gasteiger partial charge >= 0.3 is 0 Å². The Labute approximate surface area is 120 Å². The molecule has 2 aromatic heterocycles. The van der Waals surface area contributed by atoms with Crippen molar-refractivity contribution in [2.75, 3.05) is 12.8 Å². The van der Waals surface area contributed by atoms with E-state index >= 15 is 0 Å². The summed E-state index contributed by atoms with van der Waals surface area (Å²) in [4.78, 5) is 8.87. The molecule has 0 spiro atoms. The van der Waals surface area contributed by atoms with Gasteiger partial charge in [-0.3, -0.25) is 4.57 Å². The van der Waals surface area contributed by atoms with Crippen LogP contribution in [0, 0.1) is 17.8 Å². The van der Waals surface area contributed by atoms with Gasteiger partial charge in [0.05, 0.1) is 7.11 Å². The number of rotatable bonds is 5. The Kier molecular flexibility index (Phi) is 4.16. The van der Waals surface area contributed by atoms with Crippen molar-refractivity contribution >= 4 is 17.1 Å². The first kappa shape index (κ1) is 14.6. The second-order valence-electron chi connectivity index (χ2n) is 5.93. The monoisotopic (exact) mass is 276 g/mol. The summed E-state index contributed by atoms with van der Waals surface area (Å²) >= 11 is 0. The van der Waals surface area contributed by atoms with Crippen molar-refractivity contribution in [1.82, 2.24) is 14.5 Å². The molecule has 0 bridgehead atoms. The van der Waals surface area contributed by atoms with E-state index in [2.05, 4.69) is 37.7 Å². The van der Waals surface area contributed by atoms with E-state index in [-0.39, 0.29) is 0 Å². The maximum absolute atomic E-state index is 6.06. The smallest absolute Gasteiger partial charge is 0.215 e. The standard InChI is InChI=1S/C15H24N4O/c1-9(2)11(10(3)4)8-19-14-12(17-15(19)16)6-7-13(18-14)20-5/h6-7,9-11H,8H2,1-5H3,(H2,16,17). The molecule has 0 saturated carbocycles. The Hall–Kier alpha value is -1.78. The molecule has 0 amide bonds.